The molecule has 10 rings (SSSR count). The minimum Gasteiger partial charge on any atom is -0.465 e. The fourth-order valence-corrected chi connectivity index (χ4v) is 11.8. The van der Waals surface area contributed by atoms with Crippen LogP contribution in [0.5, 0.6) is 23.0 Å². The number of nitriles is 3. The highest BCUT2D eigenvalue weighted by atomic mass is 19.4. The Hall–Kier alpha value is -13.1. The molecule has 8 aromatic rings. The molecule has 6 aromatic carbocycles. The number of carbonyl (C=O) groups is 6. The van der Waals surface area contributed by atoms with E-state index in [2.05, 4.69) is 0 Å². The van der Waals surface area contributed by atoms with Crippen molar-refractivity contribution in [1.29, 1.82) is 15.8 Å². The van der Waals surface area contributed by atoms with Crippen LogP contribution in [0.1, 0.15) is 110 Å². The van der Waals surface area contributed by atoms with E-state index in [-0.39, 0.29) is 97.0 Å². The molecule has 0 radical (unpaired) electrons. The number of rotatable bonds is 27. The van der Waals surface area contributed by atoms with Crippen molar-refractivity contribution in [3.8, 4) is 41.2 Å². The van der Waals surface area contributed by atoms with Crippen molar-refractivity contribution >= 4 is 69.5 Å². The predicted octanol–water partition coefficient (Wildman–Crippen LogP) is 15.4. The SMILES string of the molecule is CN(CCOC(=O)CCCCC(=O)Oc1ccc(C(=O)Oc2ccc3ccc(=O)oc3c2)cc1)c1ccc(/C=C/C2=C(COC(=O)CCCCC(=O)Oc3ccc(C(=O)Oc4ccc5ccc(=O)oc5c4)cc3)C(=C/C=C/C3=C(C#N)C(=C(C#N)C#N)OC3(c3ccccc3)C(F)(F)F)/CC(C)(C)C2)cc1. The summed E-state index contributed by atoms with van der Waals surface area (Å²) in [5, 5.41) is 31.3. The zero-order valence-electron chi connectivity index (χ0n) is 57.5. The number of carbonyl (C=O) groups excluding carboxylic acids is 6. The van der Waals surface area contributed by atoms with E-state index in [1.54, 1.807) is 60.7 Å². The fourth-order valence-electron chi connectivity index (χ4n) is 11.8. The number of likely N-dealkylation sites (N-methyl/N-ethyl adjacent to an activating group) is 1. The predicted molar refractivity (Wildman–Crippen MR) is 380 cm³/mol. The molecule has 2 aromatic heterocycles. The van der Waals surface area contributed by atoms with Crippen LogP contribution in [0.25, 0.3) is 28.0 Å². The largest absolute Gasteiger partial charge is 0.465 e. The van der Waals surface area contributed by atoms with Gasteiger partial charge in [-0.05, 0) is 163 Å². The maximum Gasteiger partial charge on any atom is 0.437 e. The second-order valence-electron chi connectivity index (χ2n) is 25.4. The van der Waals surface area contributed by atoms with Gasteiger partial charge in [-0.25, -0.2) is 19.2 Å². The van der Waals surface area contributed by atoms with E-state index < -0.39 is 92.3 Å². The van der Waals surface area contributed by atoms with E-state index in [1.165, 1.54) is 109 Å². The Balaban J connectivity index is 0.749. The Labute approximate surface area is 605 Å². The average Bonchev–Trinajstić information content (AvgIpc) is 1.56. The summed E-state index contributed by atoms with van der Waals surface area (Å²) in [4.78, 5) is 103. The molecule has 106 heavy (non-hydrogen) atoms. The first-order chi connectivity index (χ1) is 50.9. The van der Waals surface area contributed by atoms with Gasteiger partial charge < -0.3 is 46.9 Å². The standard InChI is InChI=1S/C82H67F3N4O17/c1-80(2)46-57(12-11-15-68-66(50-88)77(59(48-86)49-87)106-81(68,82(83,84)85)60-13-5-4-6-14-60)67(51-99-72(91)17-8-10-19-74(93)101-63-36-28-56(29-37-63)79(97)103-65-39-25-54-31-41-76(95)105-70(54)45-65)58(47-80)23-20-52-21-32-61(33-22-52)89(3)42-43-98-71(90)16-7-9-18-73(92)100-62-34-26-55(27-35-62)78(96)102-64-38-24-53-30-40-75(94)104-69(53)44-64/h4-6,11-15,20-41,44-45H,7-10,16-19,42-43,46-47,51H2,1-3H3/b15-11+,23-20+,57-12+. The second kappa shape index (κ2) is 34.2. The van der Waals surface area contributed by atoms with Crippen molar-refractivity contribution in [3.63, 3.8) is 0 Å². The highest BCUT2D eigenvalue weighted by molar-refractivity contribution is 5.93. The van der Waals surface area contributed by atoms with Crippen molar-refractivity contribution in [3.05, 3.63) is 270 Å². The summed E-state index contributed by atoms with van der Waals surface area (Å²) in [7, 11) is 1.83. The van der Waals surface area contributed by atoms with E-state index in [1.807, 2.05) is 62.2 Å². The summed E-state index contributed by atoms with van der Waals surface area (Å²) in [5.74, 6) is -3.72. The second-order valence-corrected chi connectivity index (χ2v) is 25.4. The maximum absolute atomic E-state index is 15.7. The number of esters is 6. The van der Waals surface area contributed by atoms with Crippen LogP contribution in [0.4, 0.5) is 18.9 Å². The van der Waals surface area contributed by atoms with Crippen LogP contribution in [0, 0.1) is 39.4 Å². The van der Waals surface area contributed by atoms with Crippen molar-refractivity contribution in [1.82, 2.24) is 0 Å². The number of hydrogen-bond donors (Lipinski definition) is 0. The van der Waals surface area contributed by atoms with E-state index in [4.69, 9.17) is 42.0 Å². The lowest BCUT2D eigenvalue weighted by Crippen LogP contribution is -2.43. The zero-order valence-corrected chi connectivity index (χ0v) is 57.5. The molecule has 1 aliphatic heterocycles. The number of alkyl halides is 3. The van der Waals surface area contributed by atoms with Crippen LogP contribution in [-0.4, -0.2) is 68.8 Å². The third kappa shape index (κ3) is 19.3. The van der Waals surface area contributed by atoms with Crippen LogP contribution in [0.15, 0.2) is 246 Å². The van der Waals surface area contributed by atoms with Crippen LogP contribution in [0.2, 0.25) is 0 Å². The number of allylic oxidation sites excluding steroid dienone is 6. The van der Waals surface area contributed by atoms with Gasteiger partial charge in [0.2, 0.25) is 0 Å². The first-order valence-corrected chi connectivity index (χ1v) is 33.5. The van der Waals surface area contributed by atoms with Gasteiger partial charge in [-0.3, -0.25) is 19.2 Å². The van der Waals surface area contributed by atoms with Gasteiger partial charge in [-0.2, -0.15) is 29.0 Å². The molecule has 0 saturated carbocycles. The molecular formula is C82H67F3N4O17. The number of benzene rings is 6. The third-order valence-electron chi connectivity index (χ3n) is 17.1. The number of hydrogen-bond acceptors (Lipinski definition) is 21. The van der Waals surface area contributed by atoms with E-state index in [9.17, 15) is 54.1 Å². The number of anilines is 1. The topological polar surface area (TPSA) is 302 Å². The van der Waals surface area contributed by atoms with Gasteiger partial charge in [-0.1, -0.05) is 86.7 Å². The normalized spacial score (nSPS) is 15.2. The van der Waals surface area contributed by atoms with Crippen LogP contribution in [0.3, 0.4) is 0 Å². The van der Waals surface area contributed by atoms with E-state index >= 15 is 13.2 Å². The average molecular weight is 1440 g/mol. The Morgan fingerprint density at radius 1 is 0.575 bits per heavy atom. The van der Waals surface area contributed by atoms with Gasteiger partial charge in [-0.15, -0.1) is 0 Å². The summed E-state index contributed by atoms with van der Waals surface area (Å²) < 4.78 is 96.3. The molecule has 2 aliphatic rings. The van der Waals surface area contributed by atoms with Crippen molar-refractivity contribution in [2.75, 3.05) is 31.7 Å². The molecule has 0 bridgehead atoms. The lowest BCUT2D eigenvalue weighted by molar-refractivity contribution is -0.249. The molecule has 0 fully saturated rings. The van der Waals surface area contributed by atoms with Crippen molar-refractivity contribution < 1.29 is 83.9 Å². The van der Waals surface area contributed by atoms with Gasteiger partial charge in [0.25, 0.3) is 5.60 Å². The lowest BCUT2D eigenvalue weighted by atomic mass is 9.71. The molecule has 538 valence electrons. The molecule has 21 nitrogen and oxygen atoms in total. The third-order valence-corrected chi connectivity index (χ3v) is 17.1. The summed E-state index contributed by atoms with van der Waals surface area (Å²) in [6.07, 6.45) is 4.36. The Morgan fingerprint density at radius 3 is 1.58 bits per heavy atom. The Morgan fingerprint density at radius 2 is 1.08 bits per heavy atom. The van der Waals surface area contributed by atoms with Gasteiger partial charge >= 0.3 is 53.2 Å². The molecule has 0 spiro atoms. The number of unbranched alkanes of at least 4 members (excludes halogenated alkanes) is 2. The van der Waals surface area contributed by atoms with Crippen LogP contribution < -0.4 is 35.1 Å². The highest BCUT2D eigenvalue weighted by Crippen LogP contribution is 2.56. The van der Waals surface area contributed by atoms with Crippen molar-refractivity contribution in [2.24, 2.45) is 5.41 Å². The number of fused-ring (bicyclic) bond motifs is 2. The summed E-state index contributed by atoms with van der Waals surface area (Å²) in [6, 6.07) is 45.3. The molecule has 0 saturated heterocycles. The van der Waals surface area contributed by atoms with Gasteiger partial charge in [0, 0.05) is 84.6 Å². The molecule has 1 atom stereocenters. The fraction of sp³-hybridized carbons (Fsp3) is 0.232. The van der Waals surface area contributed by atoms with Crippen molar-refractivity contribution in [2.45, 2.75) is 89.8 Å². The molecule has 24 heteroatoms. The smallest absolute Gasteiger partial charge is 0.437 e. The maximum atomic E-state index is 15.7. The molecular weight excluding hydrogens is 1370 g/mol. The molecule has 3 heterocycles. The highest BCUT2D eigenvalue weighted by Gasteiger charge is 2.65. The Kier molecular flexibility index (Phi) is 24.4. The minimum atomic E-state index is -5.23. The number of halogens is 3. The lowest BCUT2D eigenvalue weighted by Gasteiger charge is -2.34. The molecule has 1 unspecified atom stereocenters. The monoisotopic (exact) mass is 1440 g/mol. The molecule has 0 amide bonds. The number of ether oxygens (including phenoxy) is 7. The van der Waals surface area contributed by atoms with Crippen LogP contribution >= 0.6 is 0 Å². The van der Waals surface area contributed by atoms with E-state index in [0.717, 1.165) is 22.9 Å². The summed E-state index contributed by atoms with van der Waals surface area (Å²) >= 11 is 0. The Bertz CT molecular complexity index is 5130. The van der Waals surface area contributed by atoms with Crippen LogP contribution in [-0.2, 0) is 39.0 Å². The molecule has 1 aliphatic carbocycles. The summed E-state index contributed by atoms with van der Waals surface area (Å²) in [6.45, 7) is 4.14. The molecule has 0 N–H and O–H groups in total. The quantitative estimate of drug-likeness (QED) is 0.0152. The van der Waals surface area contributed by atoms with Gasteiger partial charge in [0.15, 0.2) is 11.3 Å². The minimum absolute atomic E-state index is 0.0231. The van der Waals surface area contributed by atoms with Gasteiger partial charge in [0.1, 0.15) is 71.2 Å². The number of nitrogens with zero attached hydrogens (tertiary/aromatic N) is 4. The van der Waals surface area contributed by atoms with E-state index in [0.29, 0.717) is 54.1 Å². The summed E-state index contributed by atoms with van der Waals surface area (Å²) in [5.41, 5.74) is -3.20. The zero-order chi connectivity index (χ0) is 75.5. The van der Waals surface area contributed by atoms with Gasteiger partial charge in [0.05, 0.1) is 17.7 Å². The first kappa shape index (κ1) is 75.5. The first-order valence-electron chi connectivity index (χ1n) is 33.5.